The summed E-state index contributed by atoms with van der Waals surface area (Å²) in [5, 5.41) is 0. The van der Waals surface area contributed by atoms with Crippen LogP contribution in [0.4, 0.5) is 34.1 Å². The summed E-state index contributed by atoms with van der Waals surface area (Å²) in [6, 6.07) is 48.1. The standard InChI is InChI=1S/C36H30N2O/c1-2-35(39)25-15-16-29-28-34(37(30-17-7-3-8-18-30)31-19-9-4-10-20-31)26-27-36(29)38(32-21-11-5-12-22-32)33-23-13-6-14-24-33/h1,3-14,17-24,26-28H,15-16,25H2. The number of hydrogen-bond donors (Lipinski definition) is 0. The number of anilines is 6. The summed E-state index contributed by atoms with van der Waals surface area (Å²) in [5.41, 5.74) is 7.56. The molecule has 0 heterocycles. The summed E-state index contributed by atoms with van der Waals surface area (Å²) < 4.78 is 0. The van der Waals surface area contributed by atoms with E-state index in [0.29, 0.717) is 19.3 Å². The number of Topliss-reactive ketones (excluding diaryl/α,β-unsaturated/α-hetero) is 1. The molecule has 5 aromatic rings. The summed E-state index contributed by atoms with van der Waals surface area (Å²) in [4.78, 5) is 16.5. The van der Waals surface area contributed by atoms with Gasteiger partial charge in [0, 0.05) is 40.5 Å². The molecule has 0 saturated heterocycles. The molecule has 190 valence electrons. The topological polar surface area (TPSA) is 23.6 Å². The summed E-state index contributed by atoms with van der Waals surface area (Å²) in [6.07, 6.45) is 7.11. The monoisotopic (exact) mass is 506 g/mol. The fourth-order valence-corrected chi connectivity index (χ4v) is 4.82. The predicted octanol–water partition coefficient (Wildman–Crippen LogP) is 9.15. The van der Waals surface area contributed by atoms with E-state index in [2.05, 4.69) is 131 Å². The van der Waals surface area contributed by atoms with Gasteiger partial charge in [0.05, 0.1) is 0 Å². The number of para-hydroxylation sites is 4. The van der Waals surface area contributed by atoms with Crippen molar-refractivity contribution in [2.24, 2.45) is 0 Å². The molecule has 0 saturated carbocycles. The molecule has 3 heteroatoms. The van der Waals surface area contributed by atoms with Gasteiger partial charge < -0.3 is 9.80 Å². The van der Waals surface area contributed by atoms with Crippen molar-refractivity contribution in [2.75, 3.05) is 9.80 Å². The number of terminal acetylenes is 1. The highest BCUT2D eigenvalue weighted by atomic mass is 16.1. The Balaban J connectivity index is 1.65. The van der Waals surface area contributed by atoms with E-state index in [9.17, 15) is 4.79 Å². The summed E-state index contributed by atoms with van der Waals surface area (Å²) in [6.45, 7) is 0. The van der Waals surface area contributed by atoms with Crippen molar-refractivity contribution in [1.82, 2.24) is 0 Å². The summed E-state index contributed by atoms with van der Waals surface area (Å²) >= 11 is 0. The lowest BCUT2D eigenvalue weighted by atomic mass is 10.0. The fraction of sp³-hybridized carbons (Fsp3) is 0.0833. The molecule has 0 N–H and O–H groups in total. The van der Waals surface area contributed by atoms with E-state index in [-0.39, 0.29) is 5.78 Å². The molecule has 0 aromatic heterocycles. The van der Waals surface area contributed by atoms with Crippen molar-refractivity contribution in [3.05, 3.63) is 145 Å². The molecule has 0 aliphatic carbocycles. The molecule has 39 heavy (non-hydrogen) atoms. The number of nitrogens with zero attached hydrogens (tertiary/aromatic N) is 2. The third-order valence-corrected chi connectivity index (χ3v) is 6.63. The second-order valence-corrected chi connectivity index (χ2v) is 9.25. The minimum atomic E-state index is -0.161. The molecule has 0 fully saturated rings. The minimum absolute atomic E-state index is 0.161. The van der Waals surface area contributed by atoms with Crippen molar-refractivity contribution >= 4 is 39.9 Å². The molecule has 5 rings (SSSR count). The first-order chi connectivity index (χ1) is 19.2. The van der Waals surface area contributed by atoms with E-state index < -0.39 is 0 Å². The molecule has 0 unspecified atom stereocenters. The molecule has 0 bridgehead atoms. The van der Waals surface area contributed by atoms with Crippen LogP contribution in [0.15, 0.2) is 140 Å². The fourth-order valence-electron chi connectivity index (χ4n) is 4.82. The van der Waals surface area contributed by atoms with Gasteiger partial charge in [-0.2, -0.15) is 0 Å². The van der Waals surface area contributed by atoms with Gasteiger partial charge in [0.2, 0.25) is 5.78 Å². The van der Waals surface area contributed by atoms with Crippen LogP contribution in [0.3, 0.4) is 0 Å². The van der Waals surface area contributed by atoms with Gasteiger partial charge in [-0.1, -0.05) is 72.8 Å². The lowest BCUT2D eigenvalue weighted by Gasteiger charge is -2.30. The number of benzene rings is 5. The van der Waals surface area contributed by atoms with E-state index in [4.69, 9.17) is 6.42 Å². The van der Waals surface area contributed by atoms with Crippen LogP contribution in [-0.4, -0.2) is 5.78 Å². The van der Waals surface area contributed by atoms with Crippen molar-refractivity contribution in [2.45, 2.75) is 19.3 Å². The normalized spacial score (nSPS) is 10.4. The SMILES string of the molecule is C#CC(=O)CCCc1cc(N(c2ccccc2)c2ccccc2)ccc1N(c1ccccc1)c1ccccc1. The highest BCUT2D eigenvalue weighted by molar-refractivity contribution is 5.94. The maximum Gasteiger partial charge on any atom is 0.205 e. The quantitative estimate of drug-likeness (QED) is 0.139. The molecule has 0 radical (unpaired) electrons. The number of hydrogen-bond acceptors (Lipinski definition) is 3. The van der Waals surface area contributed by atoms with Crippen LogP contribution >= 0.6 is 0 Å². The van der Waals surface area contributed by atoms with Crippen LogP contribution < -0.4 is 9.80 Å². The molecular weight excluding hydrogens is 476 g/mol. The Labute approximate surface area is 231 Å². The average Bonchev–Trinajstić information content (AvgIpc) is 3.00. The van der Waals surface area contributed by atoms with Crippen LogP contribution in [0.5, 0.6) is 0 Å². The molecule has 0 aliphatic heterocycles. The van der Waals surface area contributed by atoms with E-state index in [1.165, 1.54) is 0 Å². The molecule has 0 spiro atoms. The third-order valence-electron chi connectivity index (χ3n) is 6.63. The average molecular weight is 507 g/mol. The van der Waals surface area contributed by atoms with E-state index >= 15 is 0 Å². The zero-order valence-electron chi connectivity index (χ0n) is 21.8. The predicted molar refractivity (Wildman–Crippen MR) is 163 cm³/mol. The van der Waals surface area contributed by atoms with Crippen LogP contribution in [-0.2, 0) is 11.2 Å². The first kappa shape index (κ1) is 25.6. The smallest absolute Gasteiger partial charge is 0.205 e. The van der Waals surface area contributed by atoms with Crippen molar-refractivity contribution in [3.63, 3.8) is 0 Å². The number of aryl methyl sites for hydroxylation is 1. The minimum Gasteiger partial charge on any atom is -0.310 e. The van der Waals surface area contributed by atoms with Gasteiger partial charge in [-0.15, -0.1) is 6.42 Å². The van der Waals surface area contributed by atoms with Crippen LogP contribution in [0.1, 0.15) is 18.4 Å². The third kappa shape index (κ3) is 6.09. The maximum absolute atomic E-state index is 12.0. The molecule has 0 aliphatic rings. The van der Waals surface area contributed by atoms with Gasteiger partial charge >= 0.3 is 0 Å². The summed E-state index contributed by atoms with van der Waals surface area (Å²) in [5.74, 6) is 2.09. The Hall–Kier alpha value is -5.07. The molecule has 3 nitrogen and oxygen atoms in total. The number of carbonyl (C=O) groups is 1. The molecule has 0 amide bonds. The van der Waals surface area contributed by atoms with Crippen LogP contribution in [0.2, 0.25) is 0 Å². The number of rotatable bonds is 10. The lowest BCUT2D eigenvalue weighted by Crippen LogP contribution is -2.14. The largest absolute Gasteiger partial charge is 0.310 e. The molecule has 0 atom stereocenters. The van der Waals surface area contributed by atoms with Gasteiger partial charge in [0.1, 0.15) is 0 Å². The lowest BCUT2D eigenvalue weighted by molar-refractivity contribution is -0.113. The Kier molecular flexibility index (Phi) is 8.16. The number of carbonyl (C=O) groups excluding carboxylic acids is 1. The first-order valence-electron chi connectivity index (χ1n) is 13.2. The van der Waals surface area contributed by atoms with Crippen molar-refractivity contribution in [1.29, 1.82) is 0 Å². The van der Waals surface area contributed by atoms with E-state index in [1.807, 2.05) is 24.3 Å². The highest BCUT2D eigenvalue weighted by Crippen LogP contribution is 2.41. The van der Waals surface area contributed by atoms with Crippen molar-refractivity contribution in [3.8, 4) is 12.3 Å². The molecular formula is C36H30N2O. The maximum atomic E-state index is 12.0. The Morgan fingerprint density at radius 3 is 1.44 bits per heavy atom. The van der Waals surface area contributed by atoms with E-state index in [0.717, 1.165) is 39.7 Å². The van der Waals surface area contributed by atoms with Gasteiger partial charge in [0.15, 0.2) is 0 Å². The van der Waals surface area contributed by atoms with Crippen LogP contribution in [0.25, 0.3) is 0 Å². The first-order valence-corrected chi connectivity index (χ1v) is 13.2. The zero-order valence-corrected chi connectivity index (χ0v) is 21.8. The second-order valence-electron chi connectivity index (χ2n) is 9.25. The molecule has 5 aromatic carbocycles. The van der Waals surface area contributed by atoms with Gasteiger partial charge in [-0.25, -0.2) is 0 Å². The van der Waals surface area contributed by atoms with Crippen molar-refractivity contribution < 1.29 is 4.79 Å². The second kappa shape index (κ2) is 12.4. The zero-order chi connectivity index (χ0) is 26.9. The Morgan fingerprint density at radius 1 is 0.564 bits per heavy atom. The Morgan fingerprint density at radius 2 is 1.00 bits per heavy atom. The Bertz CT molecular complexity index is 1460. The van der Waals surface area contributed by atoms with Crippen LogP contribution in [0, 0.1) is 12.3 Å². The number of ketones is 1. The van der Waals surface area contributed by atoms with Gasteiger partial charge in [-0.05, 0) is 91.1 Å². The highest BCUT2D eigenvalue weighted by Gasteiger charge is 2.19. The summed E-state index contributed by atoms with van der Waals surface area (Å²) in [7, 11) is 0. The van der Waals surface area contributed by atoms with Gasteiger partial charge in [-0.3, -0.25) is 4.79 Å². The van der Waals surface area contributed by atoms with Gasteiger partial charge in [0.25, 0.3) is 0 Å². The van der Waals surface area contributed by atoms with E-state index in [1.54, 1.807) is 0 Å².